The summed E-state index contributed by atoms with van der Waals surface area (Å²) in [7, 11) is 0. The molecule has 80 valence electrons. The molecule has 0 amide bonds. The van der Waals surface area contributed by atoms with Gasteiger partial charge >= 0.3 is 5.97 Å². The summed E-state index contributed by atoms with van der Waals surface area (Å²) in [6, 6.07) is 9.71. The van der Waals surface area contributed by atoms with Crippen molar-refractivity contribution in [1.82, 2.24) is 0 Å². The third-order valence-electron chi connectivity index (χ3n) is 2.13. The minimum Gasteiger partial charge on any atom is -0.458 e. The predicted molar refractivity (Wildman–Crippen MR) is 60.4 cm³/mol. The summed E-state index contributed by atoms with van der Waals surface area (Å²) in [5.41, 5.74) is 1.02. The van der Waals surface area contributed by atoms with E-state index in [9.17, 15) is 4.79 Å². The molecule has 0 N–H and O–H groups in total. The van der Waals surface area contributed by atoms with Gasteiger partial charge in [0.2, 0.25) is 0 Å². The average molecular weight is 204 g/mol. The molecule has 0 saturated carbocycles. The Kier molecular flexibility index (Phi) is 4.61. The van der Waals surface area contributed by atoms with E-state index >= 15 is 0 Å². The fraction of sp³-hybridized carbons (Fsp3) is 0.308. The van der Waals surface area contributed by atoms with Gasteiger partial charge in [0.1, 0.15) is 6.10 Å². The van der Waals surface area contributed by atoms with E-state index in [2.05, 4.69) is 6.58 Å². The molecule has 1 unspecified atom stereocenters. The Labute approximate surface area is 90.6 Å². The van der Waals surface area contributed by atoms with Crippen molar-refractivity contribution >= 4 is 5.97 Å². The van der Waals surface area contributed by atoms with Gasteiger partial charge in [-0.15, -0.1) is 6.58 Å². The fourth-order valence-electron chi connectivity index (χ4n) is 1.27. The van der Waals surface area contributed by atoms with Crippen LogP contribution >= 0.6 is 0 Å². The van der Waals surface area contributed by atoms with Crippen molar-refractivity contribution in [2.24, 2.45) is 0 Å². The van der Waals surface area contributed by atoms with Gasteiger partial charge in [0.05, 0.1) is 0 Å². The summed E-state index contributed by atoms with van der Waals surface area (Å²) in [5, 5.41) is 0. The van der Waals surface area contributed by atoms with Gasteiger partial charge in [0.25, 0.3) is 0 Å². The molecular formula is C13H16O2. The predicted octanol–water partition coefficient (Wildman–Crippen LogP) is 3.26. The van der Waals surface area contributed by atoms with Crippen molar-refractivity contribution in [3.8, 4) is 0 Å². The van der Waals surface area contributed by atoms with Crippen LogP contribution in [0.25, 0.3) is 0 Å². The lowest BCUT2D eigenvalue weighted by molar-refractivity contribution is -0.148. The van der Waals surface area contributed by atoms with Gasteiger partial charge in [-0.1, -0.05) is 36.4 Å². The van der Waals surface area contributed by atoms with Crippen molar-refractivity contribution in [2.45, 2.75) is 25.9 Å². The highest BCUT2D eigenvalue weighted by atomic mass is 16.5. The maximum absolute atomic E-state index is 11.3. The minimum absolute atomic E-state index is 0.175. The van der Waals surface area contributed by atoms with Crippen LogP contribution in [0.1, 0.15) is 31.4 Å². The molecule has 0 radical (unpaired) electrons. The number of carbonyl (C=O) groups is 1. The molecule has 0 spiro atoms. The Morgan fingerprint density at radius 2 is 2.13 bits per heavy atom. The van der Waals surface area contributed by atoms with Gasteiger partial charge in [-0.05, 0) is 18.9 Å². The molecule has 2 nitrogen and oxygen atoms in total. The Hall–Kier alpha value is -1.57. The van der Waals surface area contributed by atoms with Crippen LogP contribution in [-0.4, -0.2) is 5.97 Å². The van der Waals surface area contributed by atoms with Crippen molar-refractivity contribution < 1.29 is 9.53 Å². The van der Waals surface area contributed by atoms with Crippen molar-refractivity contribution in [3.63, 3.8) is 0 Å². The van der Waals surface area contributed by atoms with E-state index in [-0.39, 0.29) is 12.1 Å². The quantitative estimate of drug-likeness (QED) is 0.543. The third-order valence-corrected chi connectivity index (χ3v) is 2.13. The van der Waals surface area contributed by atoms with Gasteiger partial charge in [-0.3, -0.25) is 4.79 Å². The first-order valence-electron chi connectivity index (χ1n) is 5.09. The molecule has 1 atom stereocenters. The summed E-state index contributed by atoms with van der Waals surface area (Å²) in [6.45, 7) is 5.44. The van der Waals surface area contributed by atoms with Crippen molar-refractivity contribution in [1.29, 1.82) is 0 Å². The Balaban J connectivity index is 2.45. The number of hydrogen-bond donors (Lipinski definition) is 0. The number of rotatable bonds is 5. The highest BCUT2D eigenvalue weighted by Gasteiger charge is 2.09. The van der Waals surface area contributed by atoms with Gasteiger partial charge in [0, 0.05) is 6.42 Å². The standard InChI is InChI=1S/C13H16O2/c1-3-4-10-13(14)15-11(2)12-8-6-5-7-9-12/h3,5-9,11H,1,4,10H2,2H3. The molecule has 0 fully saturated rings. The van der Waals surface area contributed by atoms with Crippen molar-refractivity contribution in [3.05, 3.63) is 48.6 Å². The van der Waals surface area contributed by atoms with Crippen LogP contribution in [-0.2, 0) is 9.53 Å². The number of esters is 1. The average Bonchev–Trinajstić information content (AvgIpc) is 2.27. The van der Waals surface area contributed by atoms with E-state index in [0.29, 0.717) is 12.8 Å². The van der Waals surface area contributed by atoms with E-state index in [0.717, 1.165) is 5.56 Å². The molecule has 0 aliphatic heterocycles. The molecule has 1 aromatic carbocycles. The summed E-state index contributed by atoms with van der Waals surface area (Å²) < 4.78 is 5.25. The summed E-state index contributed by atoms with van der Waals surface area (Å²) in [6.07, 6.45) is 2.61. The molecule has 0 aromatic heterocycles. The molecule has 15 heavy (non-hydrogen) atoms. The van der Waals surface area contributed by atoms with Crippen molar-refractivity contribution in [2.75, 3.05) is 0 Å². The van der Waals surface area contributed by atoms with Gasteiger partial charge in [0.15, 0.2) is 0 Å². The lowest BCUT2D eigenvalue weighted by atomic mass is 10.1. The minimum atomic E-state index is -0.177. The van der Waals surface area contributed by atoms with Crippen LogP contribution in [0.4, 0.5) is 0 Å². The highest BCUT2D eigenvalue weighted by molar-refractivity contribution is 5.69. The summed E-state index contributed by atoms with van der Waals surface area (Å²) in [5.74, 6) is -0.175. The first-order chi connectivity index (χ1) is 7.24. The molecule has 0 aliphatic carbocycles. The number of hydrogen-bond acceptors (Lipinski definition) is 2. The molecular weight excluding hydrogens is 188 g/mol. The fourth-order valence-corrected chi connectivity index (χ4v) is 1.27. The molecule has 1 rings (SSSR count). The monoisotopic (exact) mass is 204 g/mol. The van der Waals surface area contributed by atoms with Crippen LogP contribution in [0, 0.1) is 0 Å². The first kappa shape index (κ1) is 11.5. The molecule has 0 saturated heterocycles. The first-order valence-corrected chi connectivity index (χ1v) is 5.09. The Morgan fingerprint density at radius 1 is 1.47 bits per heavy atom. The normalized spacial score (nSPS) is 11.8. The summed E-state index contributed by atoms with van der Waals surface area (Å²) in [4.78, 5) is 11.3. The smallest absolute Gasteiger partial charge is 0.306 e. The van der Waals surface area contributed by atoms with E-state index in [4.69, 9.17) is 4.74 Å². The van der Waals surface area contributed by atoms with Gasteiger partial charge in [-0.25, -0.2) is 0 Å². The topological polar surface area (TPSA) is 26.3 Å². The highest BCUT2D eigenvalue weighted by Crippen LogP contribution is 2.16. The van der Waals surface area contributed by atoms with Crippen LogP contribution < -0.4 is 0 Å². The number of carbonyl (C=O) groups excluding carboxylic acids is 1. The van der Waals surface area contributed by atoms with E-state index in [1.165, 1.54) is 0 Å². The molecule has 0 bridgehead atoms. The Morgan fingerprint density at radius 3 is 2.73 bits per heavy atom. The zero-order valence-electron chi connectivity index (χ0n) is 8.98. The molecule has 2 heteroatoms. The van der Waals surface area contributed by atoms with Gasteiger partial charge in [-0.2, -0.15) is 0 Å². The zero-order chi connectivity index (χ0) is 11.1. The molecule has 0 aliphatic rings. The Bertz CT molecular complexity index is 317. The molecule has 1 aromatic rings. The second-order valence-corrected chi connectivity index (χ2v) is 3.37. The third kappa shape index (κ3) is 3.98. The lowest BCUT2D eigenvalue weighted by Gasteiger charge is -2.12. The SMILES string of the molecule is C=CCCC(=O)OC(C)c1ccccc1. The maximum Gasteiger partial charge on any atom is 0.306 e. The lowest BCUT2D eigenvalue weighted by Crippen LogP contribution is -2.08. The second-order valence-electron chi connectivity index (χ2n) is 3.37. The number of benzene rings is 1. The zero-order valence-corrected chi connectivity index (χ0v) is 8.98. The van der Waals surface area contributed by atoms with Crippen LogP contribution in [0.3, 0.4) is 0 Å². The van der Waals surface area contributed by atoms with Gasteiger partial charge < -0.3 is 4.74 Å². The van der Waals surface area contributed by atoms with E-state index < -0.39 is 0 Å². The molecule has 0 heterocycles. The second kappa shape index (κ2) is 6.02. The summed E-state index contributed by atoms with van der Waals surface area (Å²) >= 11 is 0. The van der Waals surface area contributed by atoms with E-state index in [1.807, 2.05) is 37.3 Å². The number of allylic oxidation sites excluding steroid dienone is 1. The number of ether oxygens (including phenoxy) is 1. The van der Waals surface area contributed by atoms with Crippen LogP contribution in [0.2, 0.25) is 0 Å². The van der Waals surface area contributed by atoms with Crippen LogP contribution in [0.15, 0.2) is 43.0 Å². The largest absolute Gasteiger partial charge is 0.458 e. The van der Waals surface area contributed by atoms with Crippen LogP contribution in [0.5, 0.6) is 0 Å². The maximum atomic E-state index is 11.3. The van der Waals surface area contributed by atoms with E-state index in [1.54, 1.807) is 6.08 Å².